The molecule has 0 spiro atoms. The van der Waals surface area contributed by atoms with E-state index in [1.54, 1.807) is 28.8 Å². The van der Waals surface area contributed by atoms with Crippen molar-refractivity contribution in [1.29, 1.82) is 0 Å². The first-order valence-electron chi connectivity index (χ1n) is 12.3. The van der Waals surface area contributed by atoms with Gasteiger partial charge in [-0.2, -0.15) is 0 Å². The van der Waals surface area contributed by atoms with Gasteiger partial charge in [0.05, 0.1) is 5.54 Å². The van der Waals surface area contributed by atoms with Crippen LogP contribution >= 0.6 is 11.8 Å². The lowest BCUT2D eigenvalue weighted by molar-refractivity contribution is -0.171. The first-order chi connectivity index (χ1) is 17.4. The zero-order valence-corrected chi connectivity index (χ0v) is 21.2. The number of benzene rings is 2. The second-order valence-corrected chi connectivity index (χ2v) is 11.0. The van der Waals surface area contributed by atoms with Crippen LogP contribution < -0.4 is 15.4 Å². The maximum absolute atomic E-state index is 13.5. The van der Waals surface area contributed by atoms with Crippen LogP contribution in [0.1, 0.15) is 26.7 Å². The van der Waals surface area contributed by atoms with E-state index in [4.69, 9.17) is 9.47 Å². The average molecular weight is 510 g/mol. The number of carbonyl (C=O) groups excluding carboxylic acids is 3. The average Bonchev–Trinajstić information content (AvgIpc) is 3.73. The lowest BCUT2D eigenvalue weighted by Crippen LogP contribution is -2.80. The fraction of sp³-hybridized carbons (Fsp3) is 0.444. The molecule has 1 aliphatic carbocycles. The molecule has 5 atom stereocenters. The molecule has 2 saturated heterocycles. The highest BCUT2D eigenvalue weighted by atomic mass is 32.2. The molecule has 2 amide bonds. The van der Waals surface area contributed by atoms with Gasteiger partial charge in [0.15, 0.2) is 12.6 Å². The number of hydrogen-bond donors (Lipinski definition) is 2. The SMILES string of the molecule is CC(OC(=O)C1N2C(=O)C(NC(=O)COc3ccccc3)[C@H]2SCC1(C)Nc1ccccc1)C1CC1. The smallest absolute Gasteiger partial charge is 0.331 e. The number of amides is 2. The molecule has 5 rings (SSSR count). The first-order valence-corrected chi connectivity index (χ1v) is 13.4. The molecule has 2 aromatic carbocycles. The predicted molar refractivity (Wildman–Crippen MR) is 137 cm³/mol. The monoisotopic (exact) mass is 509 g/mol. The first kappa shape index (κ1) is 24.5. The van der Waals surface area contributed by atoms with Crippen molar-refractivity contribution in [3.8, 4) is 5.75 Å². The minimum absolute atomic E-state index is 0.187. The van der Waals surface area contributed by atoms with Crippen molar-refractivity contribution >= 4 is 35.2 Å². The van der Waals surface area contributed by atoms with Gasteiger partial charge in [0.25, 0.3) is 5.91 Å². The molecule has 2 heterocycles. The van der Waals surface area contributed by atoms with Crippen molar-refractivity contribution in [3.63, 3.8) is 0 Å². The molecule has 0 aromatic heterocycles. The van der Waals surface area contributed by atoms with Gasteiger partial charge in [-0.3, -0.25) is 9.59 Å². The van der Waals surface area contributed by atoms with E-state index in [1.807, 2.05) is 62.4 Å². The minimum Gasteiger partial charge on any atom is -0.484 e. The quantitative estimate of drug-likeness (QED) is 0.396. The van der Waals surface area contributed by atoms with Crippen molar-refractivity contribution in [2.45, 2.75) is 55.8 Å². The topological polar surface area (TPSA) is 97.0 Å². The highest BCUT2D eigenvalue weighted by Crippen LogP contribution is 2.44. The van der Waals surface area contributed by atoms with Crippen LogP contribution in [0.25, 0.3) is 0 Å². The summed E-state index contributed by atoms with van der Waals surface area (Å²) in [6.07, 6.45) is 1.92. The van der Waals surface area contributed by atoms with E-state index in [0.29, 0.717) is 17.4 Å². The Morgan fingerprint density at radius 3 is 2.44 bits per heavy atom. The number of β-lactam (4-membered cyclic amide) rings is 1. The van der Waals surface area contributed by atoms with Gasteiger partial charge in [-0.05, 0) is 56.9 Å². The maximum Gasteiger partial charge on any atom is 0.331 e. The molecule has 4 unspecified atom stereocenters. The molecule has 9 heteroatoms. The third-order valence-electron chi connectivity index (χ3n) is 6.96. The largest absolute Gasteiger partial charge is 0.484 e. The number of thioether (sulfide) groups is 1. The number of anilines is 1. The Morgan fingerprint density at radius 1 is 1.11 bits per heavy atom. The molecular formula is C27H31N3O5S. The fourth-order valence-corrected chi connectivity index (χ4v) is 6.34. The summed E-state index contributed by atoms with van der Waals surface area (Å²) in [6.45, 7) is 3.67. The fourth-order valence-electron chi connectivity index (χ4n) is 4.83. The van der Waals surface area contributed by atoms with Gasteiger partial charge in [0.2, 0.25) is 5.91 Å². The van der Waals surface area contributed by atoms with Crippen LogP contribution in [-0.2, 0) is 19.1 Å². The lowest BCUT2D eigenvalue weighted by Gasteiger charge is -2.58. The molecule has 1 saturated carbocycles. The van der Waals surface area contributed by atoms with E-state index in [2.05, 4.69) is 10.6 Å². The summed E-state index contributed by atoms with van der Waals surface area (Å²) in [5.74, 6) is 0.450. The zero-order valence-electron chi connectivity index (χ0n) is 20.4. The van der Waals surface area contributed by atoms with E-state index >= 15 is 0 Å². The Hall–Kier alpha value is -3.20. The number of carbonyl (C=O) groups is 3. The Kier molecular flexibility index (Phi) is 6.83. The molecule has 8 nitrogen and oxygen atoms in total. The van der Waals surface area contributed by atoms with Crippen molar-refractivity contribution in [1.82, 2.24) is 10.2 Å². The highest BCUT2D eigenvalue weighted by Gasteiger charge is 2.62. The second kappa shape index (κ2) is 10.0. The highest BCUT2D eigenvalue weighted by molar-refractivity contribution is 8.00. The molecule has 36 heavy (non-hydrogen) atoms. The summed E-state index contributed by atoms with van der Waals surface area (Å²) < 4.78 is 11.4. The van der Waals surface area contributed by atoms with Gasteiger partial charge >= 0.3 is 5.97 Å². The van der Waals surface area contributed by atoms with Crippen LogP contribution in [-0.4, -0.2) is 64.1 Å². The van der Waals surface area contributed by atoms with Crippen LogP contribution in [0, 0.1) is 5.92 Å². The number of rotatable bonds is 9. The molecule has 3 fully saturated rings. The van der Waals surface area contributed by atoms with E-state index in [9.17, 15) is 14.4 Å². The Labute approximate surface area is 215 Å². The molecule has 2 aromatic rings. The molecule has 0 bridgehead atoms. The van der Waals surface area contributed by atoms with Crippen molar-refractivity contribution in [3.05, 3.63) is 60.7 Å². The molecule has 3 aliphatic rings. The van der Waals surface area contributed by atoms with Gasteiger partial charge in [-0.1, -0.05) is 36.4 Å². The number of nitrogens with zero attached hydrogens (tertiary/aromatic N) is 1. The maximum atomic E-state index is 13.5. The normalized spacial score (nSPS) is 27.8. The standard InChI is InChI=1S/C27H31N3O5S/c1-17(18-13-14-18)35-26(33)23-27(2,29-19-9-5-3-6-10-19)16-36-25-22(24(32)30(23)25)28-21(31)15-34-20-11-7-4-8-12-20/h3-12,17-18,22-23,25,29H,13-16H2,1-2H3,(H,28,31)/t17?,22?,23?,25-,27?/m1/s1. The summed E-state index contributed by atoms with van der Waals surface area (Å²) >= 11 is 1.55. The van der Waals surface area contributed by atoms with Gasteiger partial charge < -0.3 is 25.0 Å². The summed E-state index contributed by atoms with van der Waals surface area (Å²) in [7, 11) is 0. The third-order valence-corrected chi connectivity index (χ3v) is 8.57. The summed E-state index contributed by atoms with van der Waals surface area (Å²) in [6, 6.07) is 17.2. The third kappa shape index (κ3) is 5.02. The van der Waals surface area contributed by atoms with Gasteiger partial charge in [0.1, 0.15) is 23.3 Å². The van der Waals surface area contributed by atoms with Crippen LogP contribution in [0.4, 0.5) is 5.69 Å². The number of para-hydroxylation sites is 2. The molecular weight excluding hydrogens is 478 g/mol. The van der Waals surface area contributed by atoms with Gasteiger partial charge in [-0.25, -0.2) is 4.79 Å². The lowest BCUT2D eigenvalue weighted by atomic mass is 9.87. The molecule has 0 radical (unpaired) electrons. The van der Waals surface area contributed by atoms with Crippen LogP contribution in [0.3, 0.4) is 0 Å². The van der Waals surface area contributed by atoms with Crippen LogP contribution in [0.15, 0.2) is 60.7 Å². The van der Waals surface area contributed by atoms with Crippen molar-refractivity contribution in [2.24, 2.45) is 5.92 Å². The predicted octanol–water partition coefficient (Wildman–Crippen LogP) is 3.05. The Balaban J connectivity index is 1.29. The van der Waals surface area contributed by atoms with E-state index in [-0.39, 0.29) is 29.9 Å². The van der Waals surface area contributed by atoms with Crippen LogP contribution in [0.2, 0.25) is 0 Å². The summed E-state index contributed by atoms with van der Waals surface area (Å²) in [5, 5.41) is 5.93. The summed E-state index contributed by atoms with van der Waals surface area (Å²) in [4.78, 5) is 40.9. The van der Waals surface area contributed by atoms with Gasteiger partial charge in [-0.15, -0.1) is 11.8 Å². The van der Waals surface area contributed by atoms with Crippen molar-refractivity contribution < 1.29 is 23.9 Å². The summed E-state index contributed by atoms with van der Waals surface area (Å²) in [5.41, 5.74) is 0.118. The van der Waals surface area contributed by atoms with E-state index in [0.717, 1.165) is 18.5 Å². The Bertz CT molecular complexity index is 1110. The number of ether oxygens (including phenoxy) is 2. The molecule has 2 N–H and O–H groups in total. The van der Waals surface area contributed by atoms with Crippen molar-refractivity contribution in [2.75, 3.05) is 17.7 Å². The minimum atomic E-state index is -0.814. The molecule has 2 aliphatic heterocycles. The van der Waals surface area contributed by atoms with Gasteiger partial charge in [0, 0.05) is 11.4 Å². The Morgan fingerprint density at radius 2 is 1.78 bits per heavy atom. The number of nitrogens with one attached hydrogen (secondary N) is 2. The zero-order chi connectivity index (χ0) is 25.3. The van der Waals surface area contributed by atoms with Crippen LogP contribution in [0.5, 0.6) is 5.75 Å². The van der Waals surface area contributed by atoms with E-state index in [1.165, 1.54) is 0 Å². The van der Waals surface area contributed by atoms with E-state index < -0.39 is 23.6 Å². The number of esters is 1. The number of fused-ring (bicyclic) bond motifs is 1. The number of hydrogen-bond acceptors (Lipinski definition) is 7. The second-order valence-electron chi connectivity index (χ2n) is 9.88. The molecule has 190 valence electrons.